The largest absolute Gasteiger partial charge is 0.0616 e. The second kappa shape index (κ2) is 12.5. The minimum atomic E-state index is 0.0767. The van der Waals surface area contributed by atoms with Gasteiger partial charge in [0.1, 0.15) is 0 Å². The van der Waals surface area contributed by atoms with Crippen molar-refractivity contribution in [2.45, 2.75) is 105 Å². The highest BCUT2D eigenvalue weighted by Gasteiger charge is 2.29. The zero-order valence-electron chi connectivity index (χ0n) is 33.5. The number of hydrogen-bond donors (Lipinski definition) is 0. The highest BCUT2D eigenvalue weighted by Crippen LogP contribution is 2.45. The van der Waals surface area contributed by atoms with Crippen molar-refractivity contribution in [3.05, 3.63) is 144 Å². The summed E-state index contributed by atoms with van der Waals surface area (Å²) in [5.41, 5.74) is 6.28. The highest BCUT2D eigenvalue weighted by molar-refractivity contribution is 6.27. The third-order valence-corrected chi connectivity index (χ3v) is 11.0. The van der Waals surface area contributed by atoms with Gasteiger partial charge < -0.3 is 0 Å². The van der Waals surface area contributed by atoms with Crippen molar-refractivity contribution in [3.63, 3.8) is 0 Å². The molecule has 8 aromatic carbocycles. The first-order chi connectivity index (χ1) is 24.4. The van der Waals surface area contributed by atoms with Gasteiger partial charge in [-0.3, -0.25) is 0 Å². The molecule has 0 heteroatoms. The van der Waals surface area contributed by atoms with Crippen LogP contribution in [0.1, 0.15) is 105 Å². The standard InChI is InChI=1S/2C26H28/c1-25(2,3)23-15-21-19-13-9-7-11-17(19)18-12-8-10-14-20(18)22(21)16-24(23)26(4,5)6;1-25(2,3)22-16-15-21-19-13-8-7-11-17(19)18-12-9-10-14-20(18)23(21)24(22)26(4,5)6/h2*7-16H,1-6H3. The van der Waals surface area contributed by atoms with Crippen LogP contribution in [-0.4, -0.2) is 0 Å². The fourth-order valence-electron chi connectivity index (χ4n) is 8.59. The molecule has 0 saturated heterocycles. The molecule has 0 unspecified atom stereocenters. The molecule has 0 atom stereocenters. The topological polar surface area (TPSA) is 0 Å². The van der Waals surface area contributed by atoms with Gasteiger partial charge in [0.15, 0.2) is 0 Å². The van der Waals surface area contributed by atoms with Crippen LogP contribution in [0.2, 0.25) is 0 Å². The summed E-state index contributed by atoms with van der Waals surface area (Å²) in [4.78, 5) is 0. The summed E-state index contributed by atoms with van der Waals surface area (Å²) >= 11 is 0. The lowest BCUT2D eigenvalue weighted by atomic mass is 9.72. The molecule has 0 bridgehead atoms. The van der Waals surface area contributed by atoms with E-state index >= 15 is 0 Å². The number of hydrogen-bond acceptors (Lipinski definition) is 0. The zero-order valence-corrected chi connectivity index (χ0v) is 33.5. The Bertz CT molecular complexity index is 2420. The van der Waals surface area contributed by atoms with Gasteiger partial charge in [0.2, 0.25) is 0 Å². The number of fused-ring (bicyclic) bond motifs is 12. The predicted molar refractivity (Wildman–Crippen MR) is 233 cm³/mol. The minimum absolute atomic E-state index is 0.0767. The molecule has 0 spiro atoms. The molecule has 52 heavy (non-hydrogen) atoms. The average molecular weight is 681 g/mol. The Morgan fingerprint density at radius 1 is 0.250 bits per heavy atom. The fraction of sp³-hybridized carbons (Fsp3) is 0.308. The highest BCUT2D eigenvalue weighted by atomic mass is 14.3. The summed E-state index contributed by atoms with van der Waals surface area (Å²) in [7, 11) is 0. The quantitative estimate of drug-likeness (QED) is 0.140. The summed E-state index contributed by atoms with van der Waals surface area (Å²) in [6.45, 7) is 28.0. The van der Waals surface area contributed by atoms with Crippen LogP contribution < -0.4 is 0 Å². The van der Waals surface area contributed by atoms with Crippen LogP contribution in [0.3, 0.4) is 0 Å². The normalized spacial score (nSPS) is 13.0. The fourth-order valence-corrected chi connectivity index (χ4v) is 8.59. The molecule has 0 saturated carbocycles. The van der Waals surface area contributed by atoms with E-state index in [2.05, 4.69) is 204 Å². The first-order valence-corrected chi connectivity index (χ1v) is 19.1. The van der Waals surface area contributed by atoms with Crippen LogP contribution in [0.15, 0.2) is 121 Å². The lowest BCUT2D eigenvalue weighted by Crippen LogP contribution is -2.22. The average Bonchev–Trinajstić information content (AvgIpc) is 3.09. The van der Waals surface area contributed by atoms with E-state index in [1.165, 1.54) is 86.9 Å². The molecule has 0 N–H and O–H groups in total. The molecule has 0 aliphatic rings. The van der Waals surface area contributed by atoms with Crippen molar-refractivity contribution >= 4 is 64.6 Å². The van der Waals surface area contributed by atoms with Crippen LogP contribution in [0.4, 0.5) is 0 Å². The second-order valence-corrected chi connectivity index (χ2v) is 19.0. The van der Waals surface area contributed by atoms with Gasteiger partial charge >= 0.3 is 0 Å². The molecule has 0 heterocycles. The van der Waals surface area contributed by atoms with Gasteiger partial charge in [-0.25, -0.2) is 0 Å². The summed E-state index contributed by atoms with van der Waals surface area (Å²) < 4.78 is 0. The molecule has 264 valence electrons. The van der Waals surface area contributed by atoms with E-state index in [4.69, 9.17) is 0 Å². The van der Waals surface area contributed by atoms with Gasteiger partial charge in [0.05, 0.1) is 0 Å². The van der Waals surface area contributed by atoms with Gasteiger partial charge in [-0.05, 0) is 121 Å². The van der Waals surface area contributed by atoms with Crippen LogP contribution in [0, 0.1) is 0 Å². The zero-order chi connectivity index (χ0) is 37.4. The van der Waals surface area contributed by atoms with Crippen molar-refractivity contribution in [2.75, 3.05) is 0 Å². The third kappa shape index (κ3) is 6.15. The lowest BCUT2D eigenvalue weighted by Gasteiger charge is -2.32. The lowest BCUT2D eigenvalue weighted by molar-refractivity contribution is 0.531. The maximum absolute atomic E-state index is 2.46. The molecule has 0 radical (unpaired) electrons. The molecule has 0 fully saturated rings. The van der Waals surface area contributed by atoms with Crippen molar-refractivity contribution in [1.29, 1.82) is 0 Å². The molecule has 0 aromatic heterocycles. The van der Waals surface area contributed by atoms with Gasteiger partial charge in [0, 0.05) is 0 Å². The van der Waals surface area contributed by atoms with E-state index < -0.39 is 0 Å². The van der Waals surface area contributed by atoms with Crippen molar-refractivity contribution in [3.8, 4) is 0 Å². The van der Waals surface area contributed by atoms with Crippen LogP contribution in [0.5, 0.6) is 0 Å². The third-order valence-electron chi connectivity index (χ3n) is 11.0. The summed E-state index contributed by atoms with van der Waals surface area (Å²) in [5.74, 6) is 0. The van der Waals surface area contributed by atoms with Gasteiger partial charge in [-0.1, -0.05) is 192 Å². The van der Waals surface area contributed by atoms with Crippen molar-refractivity contribution in [1.82, 2.24) is 0 Å². The van der Waals surface area contributed by atoms with E-state index in [9.17, 15) is 0 Å². The van der Waals surface area contributed by atoms with Gasteiger partial charge in [-0.15, -0.1) is 0 Å². The molecule has 8 aromatic rings. The molecular formula is C52H56. The van der Waals surface area contributed by atoms with Gasteiger partial charge in [-0.2, -0.15) is 0 Å². The molecular weight excluding hydrogens is 625 g/mol. The molecule has 8 rings (SSSR count). The van der Waals surface area contributed by atoms with Crippen molar-refractivity contribution < 1.29 is 0 Å². The summed E-state index contributed by atoms with van der Waals surface area (Å²) in [6, 6.07) is 45.0. The molecule has 0 amide bonds. The van der Waals surface area contributed by atoms with Crippen LogP contribution >= 0.6 is 0 Å². The molecule has 0 aliphatic carbocycles. The second-order valence-electron chi connectivity index (χ2n) is 19.0. The number of rotatable bonds is 0. The smallest absolute Gasteiger partial charge is 0.00585 e. The van der Waals surface area contributed by atoms with E-state index in [0.29, 0.717) is 0 Å². The van der Waals surface area contributed by atoms with E-state index in [0.717, 1.165) is 0 Å². The minimum Gasteiger partial charge on any atom is -0.0616 e. The number of benzene rings is 8. The summed E-state index contributed by atoms with van der Waals surface area (Å²) in [5, 5.41) is 16.4. The first kappa shape index (κ1) is 35.7. The van der Waals surface area contributed by atoms with Crippen molar-refractivity contribution in [2.24, 2.45) is 0 Å². The Labute approximate surface area is 311 Å². The maximum Gasteiger partial charge on any atom is -0.00585 e. The van der Waals surface area contributed by atoms with Crippen LogP contribution in [-0.2, 0) is 21.7 Å². The Morgan fingerprint density at radius 2 is 0.519 bits per heavy atom. The summed E-state index contributed by atoms with van der Waals surface area (Å²) in [6.07, 6.45) is 0. The Morgan fingerprint density at radius 3 is 0.827 bits per heavy atom. The van der Waals surface area contributed by atoms with E-state index in [1.807, 2.05) is 0 Å². The predicted octanol–water partition coefficient (Wildman–Crippen LogP) is 15.5. The Hall–Kier alpha value is -4.68. The Balaban J connectivity index is 0.000000162. The molecule has 0 nitrogen and oxygen atoms in total. The monoisotopic (exact) mass is 680 g/mol. The SMILES string of the molecule is CC(C)(C)c1cc2c3ccccc3c3ccccc3c2cc1C(C)(C)C.CC(C)(C)c1ccc2c3ccccc3c3ccccc3c2c1C(C)(C)C. The van der Waals surface area contributed by atoms with E-state index in [-0.39, 0.29) is 21.7 Å². The Kier molecular flexibility index (Phi) is 8.57. The molecule has 0 aliphatic heterocycles. The van der Waals surface area contributed by atoms with Crippen LogP contribution in [0.25, 0.3) is 64.6 Å². The maximum atomic E-state index is 2.46. The van der Waals surface area contributed by atoms with E-state index in [1.54, 1.807) is 0 Å². The first-order valence-electron chi connectivity index (χ1n) is 19.1. The van der Waals surface area contributed by atoms with Gasteiger partial charge in [0.25, 0.3) is 0 Å².